The van der Waals surface area contributed by atoms with Gasteiger partial charge in [-0.15, -0.1) is 0 Å². The van der Waals surface area contributed by atoms with Crippen molar-refractivity contribution in [3.05, 3.63) is 60.7 Å². The number of hydrogen-bond donors (Lipinski definition) is 2. The van der Waals surface area contributed by atoms with E-state index >= 15 is 0 Å². The lowest BCUT2D eigenvalue weighted by molar-refractivity contribution is 0.629. The molecule has 3 rings (SSSR count). The van der Waals surface area contributed by atoms with E-state index in [4.69, 9.17) is 11.5 Å². The standard InChI is InChI=1S/C20H21FN4OS/c1-20(2,12-22)27(26)18-6-4-3-5-14(18)13-7-8-15(16(21)9-13)17-10-25-19(23)11-24-17/h3-11H,12,22H2,1-2H3,(H2,23,25). The van der Waals surface area contributed by atoms with Crippen molar-refractivity contribution >= 4 is 16.6 Å². The number of hydrogen-bond acceptors (Lipinski definition) is 5. The Morgan fingerprint density at radius 3 is 2.44 bits per heavy atom. The van der Waals surface area contributed by atoms with Crippen LogP contribution in [0.5, 0.6) is 0 Å². The number of nitrogens with zero attached hydrogens (tertiary/aromatic N) is 2. The van der Waals surface area contributed by atoms with Gasteiger partial charge in [-0.3, -0.25) is 9.19 Å². The van der Waals surface area contributed by atoms with Gasteiger partial charge in [0.1, 0.15) is 11.6 Å². The van der Waals surface area contributed by atoms with Crippen LogP contribution in [0.2, 0.25) is 0 Å². The number of halogens is 1. The van der Waals surface area contributed by atoms with Crippen molar-refractivity contribution in [3.8, 4) is 22.4 Å². The first-order chi connectivity index (χ1) is 12.8. The molecule has 4 N–H and O–H groups in total. The number of aromatic nitrogens is 2. The molecule has 0 aliphatic rings. The average Bonchev–Trinajstić information content (AvgIpc) is 2.68. The molecule has 0 fully saturated rings. The summed E-state index contributed by atoms with van der Waals surface area (Å²) in [7, 11) is -1.34. The molecule has 1 aromatic heterocycles. The van der Waals surface area contributed by atoms with Crippen LogP contribution in [0.4, 0.5) is 10.2 Å². The Kier molecular flexibility index (Phi) is 5.34. The van der Waals surface area contributed by atoms with Gasteiger partial charge in [0.25, 0.3) is 0 Å². The van der Waals surface area contributed by atoms with Gasteiger partial charge in [-0.1, -0.05) is 24.3 Å². The summed E-state index contributed by atoms with van der Waals surface area (Å²) in [4.78, 5) is 8.69. The quantitative estimate of drug-likeness (QED) is 0.703. The molecular weight excluding hydrogens is 363 g/mol. The van der Waals surface area contributed by atoms with Gasteiger partial charge in [0, 0.05) is 17.0 Å². The zero-order valence-electron chi connectivity index (χ0n) is 15.1. The third-order valence-corrected chi connectivity index (χ3v) is 6.23. The summed E-state index contributed by atoms with van der Waals surface area (Å²) < 4.78 is 27.2. The Labute approximate surface area is 160 Å². The molecule has 2 aromatic carbocycles. The molecule has 1 unspecified atom stereocenters. The van der Waals surface area contributed by atoms with Crippen LogP contribution in [-0.4, -0.2) is 25.5 Å². The van der Waals surface area contributed by atoms with Crippen LogP contribution in [0, 0.1) is 5.82 Å². The monoisotopic (exact) mass is 384 g/mol. The van der Waals surface area contributed by atoms with Crippen LogP contribution in [0.15, 0.2) is 59.8 Å². The first kappa shape index (κ1) is 19.1. The molecule has 0 saturated heterocycles. The highest BCUT2D eigenvalue weighted by molar-refractivity contribution is 7.86. The molecule has 0 bridgehead atoms. The minimum atomic E-state index is -1.34. The number of nitrogen functional groups attached to an aromatic ring is 1. The summed E-state index contributed by atoms with van der Waals surface area (Å²) in [5, 5.41) is 0. The minimum absolute atomic E-state index is 0.273. The molecule has 1 atom stereocenters. The van der Waals surface area contributed by atoms with Crippen molar-refractivity contribution in [2.24, 2.45) is 5.73 Å². The van der Waals surface area contributed by atoms with Crippen LogP contribution < -0.4 is 11.5 Å². The fraction of sp³-hybridized carbons (Fsp3) is 0.200. The molecule has 1 heterocycles. The third-order valence-electron chi connectivity index (χ3n) is 4.31. The van der Waals surface area contributed by atoms with Crippen molar-refractivity contribution in [2.75, 3.05) is 12.3 Å². The van der Waals surface area contributed by atoms with E-state index in [0.717, 1.165) is 0 Å². The van der Waals surface area contributed by atoms with Crippen LogP contribution in [0.3, 0.4) is 0 Å². The summed E-state index contributed by atoms with van der Waals surface area (Å²) in [6.45, 7) is 3.98. The Morgan fingerprint density at radius 2 is 1.81 bits per heavy atom. The van der Waals surface area contributed by atoms with Crippen LogP contribution in [0.25, 0.3) is 22.4 Å². The summed E-state index contributed by atoms with van der Waals surface area (Å²) >= 11 is 0. The van der Waals surface area contributed by atoms with Gasteiger partial charge in [-0.05, 0) is 43.2 Å². The third kappa shape index (κ3) is 3.89. The molecule has 0 radical (unpaired) electrons. The Bertz CT molecular complexity index is 990. The first-order valence-electron chi connectivity index (χ1n) is 8.42. The first-order valence-corrected chi connectivity index (χ1v) is 9.57. The molecule has 27 heavy (non-hydrogen) atoms. The average molecular weight is 384 g/mol. The molecule has 0 saturated carbocycles. The Hall–Kier alpha value is -2.64. The second-order valence-corrected chi connectivity index (χ2v) is 8.83. The van der Waals surface area contributed by atoms with Crippen molar-refractivity contribution in [1.82, 2.24) is 9.97 Å². The number of benzene rings is 2. The molecule has 0 amide bonds. The van der Waals surface area contributed by atoms with Gasteiger partial charge in [-0.25, -0.2) is 9.37 Å². The Morgan fingerprint density at radius 1 is 1.07 bits per heavy atom. The number of anilines is 1. The second kappa shape index (κ2) is 7.54. The van der Waals surface area contributed by atoms with Crippen molar-refractivity contribution in [3.63, 3.8) is 0 Å². The summed E-state index contributed by atoms with van der Waals surface area (Å²) in [5.74, 6) is -0.167. The molecule has 0 aliphatic carbocycles. The van der Waals surface area contributed by atoms with Crippen LogP contribution >= 0.6 is 0 Å². The van der Waals surface area contributed by atoms with E-state index in [2.05, 4.69) is 9.97 Å². The maximum Gasteiger partial charge on any atom is 0.141 e. The summed E-state index contributed by atoms with van der Waals surface area (Å²) in [5.41, 5.74) is 13.4. The number of rotatable bonds is 5. The molecule has 0 spiro atoms. The van der Waals surface area contributed by atoms with Gasteiger partial charge in [0.2, 0.25) is 0 Å². The molecule has 7 heteroatoms. The fourth-order valence-electron chi connectivity index (χ4n) is 2.61. The van der Waals surface area contributed by atoms with Gasteiger partial charge in [-0.2, -0.15) is 0 Å². The zero-order chi connectivity index (χ0) is 19.6. The van der Waals surface area contributed by atoms with Crippen molar-refractivity contribution in [2.45, 2.75) is 23.5 Å². The summed E-state index contributed by atoms with van der Waals surface area (Å²) in [6, 6.07) is 12.1. The molecular formula is C20H21FN4OS. The Balaban J connectivity index is 2.05. The molecule has 140 valence electrons. The van der Waals surface area contributed by atoms with E-state index in [1.165, 1.54) is 18.5 Å². The van der Waals surface area contributed by atoms with Gasteiger partial charge in [0.05, 0.1) is 33.6 Å². The second-order valence-electron chi connectivity index (χ2n) is 6.75. The largest absolute Gasteiger partial charge is 0.382 e. The van der Waals surface area contributed by atoms with E-state index in [0.29, 0.717) is 27.3 Å². The number of nitrogens with two attached hydrogens (primary N) is 2. The fourth-order valence-corrected chi connectivity index (χ4v) is 3.94. The van der Waals surface area contributed by atoms with E-state index in [9.17, 15) is 8.60 Å². The normalized spacial score (nSPS) is 12.7. The maximum absolute atomic E-state index is 14.8. The molecule has 3 aromatic rings. The predicted octanol–water partition coefficient (Wildman–Crippen LogP) is 3.38. The lowest BCUT2D eigenvalue weighted by Crippen LogP contribution is -2.35. The van der Waals surface area contributed by atoms with Crippen molar-refractivity contribution in [1.29, 1.82) is 0 Å². The lowest BCUT2D eigenvalue weighted by Gasteiger charge is -2.23. The SMILES string of the molecule is CC(C)(CN)S(=O)c1ccccc1-c1ccc(-c2cnc(N)cn2)c(F)c1. The molecule has 0 aliphatic heterocycles. The maximum atomic E-state index is 14.8. The zero-order valence-corrected chi connectivity index (χ0v) is 16.0. The van der Waals surface area contributed by atoms with Gasteiger partial charge >= 0.3 is 0 Å². The highest BCUT2D eigenvalue weighted by Crippen LogP contribution is 2.33. The highest BCUT2D eigenvalue weighted by Gasteiger charge is 2.27. The van der Waals surface area contributed by atoms with E-state index in [-0.39, 0.29) is 12.4 Å². The van der Waals surface area contributed by atoms with E-state index in [1.54, 1.807) is 18.2 Å². The smallest absolute Gasteiger partial charge is 0.141 e. The van der Waals surface area contributed by atoms with Crippen molar-refractivity contribution < 1.29 is 8.60 Å². The van der Waals surface area contributed by atoms with Gasteiger partial charge < -0.3 is 11.5 Å². The van der Waals surface area contributed by atoms with E-state index < -0.39 is 21.4 Å². The topological polar surface area (TPSA) is 94.9 Å². The highest BCUT2D eigenvalue weighted by atomic mass is 32.2. The van der Waals surface area contributed by atoms with Crippen LogP contribution in [-0.2, 0) is 10.8 Å². The molecule has 5 nitrogen and oxygen atoms in total. The van der Waals surface area contributed by atoms with E-state index in [1.807, 2.05) is 32.0 Å². The summed E-state index contributed by atoms with van der Waals surface area (Å²) in [6.07, 6.45) is 2.82. The van der Waals surface area contributed by atoms with Gasteiger partial charge in [0.15, 0.2) is 0 Å². The minimum Gasteiger partial charge on any atom is -0.382 e. The predicted molar refractivity (Wildman–Crippen MR) is 107 cm³/mol. The lowest BCUT2D eigenvalue weighted by atomic mass is 10.0. The van der Waals surface area contributed by atoms with Crippen LogP contribution in [0.1, 0.15) is 13.8 Å².